The van der Waals surface area contributed by atoms with Crippen molar-refractivity contribution in [3.05, 3.63) is 71.8 Å². The molecule has 0 aliphatic rings. The summed E-state index contributed by atoms with van der Waals surface area (Å²) in [6.45, 7) is 0.678. The summed E-state index contributed by atoms with van der Waals surface area (Å²) >= 11 is 0. The average Bonchev–Trinajstić information content (AvgIpc) is 2.72. The van der Waals surface area contributed by atoms with Crippen LogP contribution in [0.2, 0.25) is 0 Å². The SMILES string of the molecule is NC(=O)N(O)Cc1ccc(OCC=CCOc2ccc(CN(O)C(N)=O)cc2)cc1. The third kappa shape index (κ3) is 7.70. The molecule has 160 valence electrons. The van der Waals surface area contributed by atoms with Gasteiger partial charge in [-0.2, -0.15) is 0 Å². The smallest absolute Gasteiger partial charge is 0.338 e. The van der Waals surface area contributed by atoms with Gasteiger partial charge < -0.3 is 20.9 Å². The van der Waals surface area contributed by atoms with Crippen LogP contribution in [0.5, 0.6) is 11.5 Å². The molecule has 0 bridgehead atoms. The Morgan fingerprint density at radius 2 is 1.07 bits per heavy atom. The molecule has 0 spiro atoms. The fourth-order valence-electron chi connectivity index (χ4n) is 2.31. The molecule has 0 atom stereocenters. The van der Waals surface area contributed by atoms with Crippen molar-refractivity contribution >= 4 is 12.1 Å². The predicted molar refractivity (Wildman–Crippen MR) is 107 cm³/mol. The number of primary amides is 2. The number of amides is 4. The Balaban J connectivity index is 1.68. The van der Waals surface area contributed by atoms with E-state index >= 15 is 0 Å². The van der Waals surface area contributed by atoms with Gasteiger partial charge in [0.1, 0.15) is 24.7 Å². The summed E-state index contributed by atoms with van der Waals surface area (Å²) in [7, 11) is 0. The van der Waals surface area contributed by atoms with Gasteiger partial charge in [0.25, 0.3) is 0 Å². The molecular formula is C20H24N4O6. The molecular weight excluding hydrogens is 392 g/mol. The lowest BCUT2D eigenvalue weighted by molar-refractivity contribution is -0.0470. The van der Waals surface area contributed by atoms with Gasteiger partial charge in [-0.1, -0.05) is 24.3 Å². The molecule has 2 aromatic carbocycles. The van der Waals surface area contributed by atoms with E-state index in [1.807, 2.05) is 0 Å². The van der Waals surface area contributed by atoms with Crippen LogP contribution in [0.25, 0.3) is 0 Å². The van der Waals surface area contributed by atoms with Crippen molar-refractivity contribution in [2.24, 2.45) is 11.5 Å². The van der Waals surface area contributed by atoms with Crippen molar-refractivity contribution in [3.63, 3.8) is 0 Å². The molecule has 0 saturated heterocycles. The van der Waals surface area contributed by atoms with Crippen LogP contribution in [-0.2, 0) is 13.1 Å². The molecule has 4 amide bonds. The van der Waals surface area contributed by atoms with Gasteiger partial charge in [-0.05, 0) is 47.5 Å². The number of ether oxygens (including phenoxy) is 2. The fraction of sp³-hybridized carbons (Fsp3) is 0.200. The first kappa shape index (κ1) is 22.5. The maximum atomic E-state index is 10.8. The number of hydrogen-bond acceptors (Lipinski definition) is 6. The van der Waals surface area contributed by atoms with Crippen molar-refractivity contribution in [2.75, 3.05) is 13.2 Å². The molecule has 10 nitrogen and oxygen atoms in total. The first-order valence-electron chi connectivity index (χ1n) is 8.95. The van der Waals surface area contributed by atoms with Gasteiger partial charge in [-0.15, -0.1) is 0 Å². The van der Waals surface area contributed by atoms with Crippen LogP contribution in [0.15, 0.2) is 60.7 Å². The highest BCUT2D eigenvalue weighted by Crippen LogP contribution is 2.14. The van der Waals surface area contributed by atoms with Crippen LogP contribution in [0.3, 0.4) is 0 Å². The summed E-state index contributed by atoms with van der Waals surface area (Å²) in [5.74, 6) is 1.27. The van der Waals surface area contributed by atoms with Gasteiger partial charge in [-0.25, -0.2) is 19.7 Å². The standard InChI is InChI=1S/C20H24N4O6/c21-19(25)23(27)13-15-3-7-17(8-4-15)29-11-1-2-12-30-18-9-5-16(6-10-18)14-24(28)20(22)26/h1-10,27-28H,11-14H2,(H2,21,25)(H2,22,26). The normalized spacial score (nSPS) is 10.6. The number of carbonyl (C=O) groups excluding carboxylic acids is 2. The lowest BCUT2D eigenvalue weighted by atomic mass is 10.2. The zero-order chi connectivity index (χ0) is 21.9. The van der Waals surface area contributed by atoms with Gasteiger partial charge in [-0.3, -0.25) is 10.4 Å². The van der Waals surface area contributed by atoms with Crippen molar-refractivity contribution in [3.8, 4) is 11.5 Å². The Kier molecular flexibility index (Phi) is 8.48. The highest BCUT2D eigenvalue weighted by Gasteiger charge is 2.07. The molecule has 0 fully saturated rings. The third-order valence-electron chi connectivity index (χ3n) is 3.88. The van der Waals surface area contributed by atoms with Crippen LogP contribution in [0.1, 0.15) is 11.1 Å². The summed E-state index contributed by atoms with van der Waals surface area (Å²) in [4.78, 5) is 21.6. The van der Waals surface area contributed by atoms with Gasteiger partial charge in [0, 0.05) is 0 Å². The molecule has 0 aliphatic carbocycles. The minimum absolute atomic E-state index is 0.00274. The van der Waals surface area contributed by atoms with Crippen molar-refractivity contribution in [1.82, 2.24) is 10.1 Å². The van der Waals surface area contributed by atoms with E-state index in [9.17, 15) is 20.0 Å². The maximum Gasteiger partial charge on any atom is 0.338 e. The van der Waals surface area contributed by atoms with Gasteiger partial charge in [0.2, 0.25) is 0 Å². The molecule has 30 heavy (non-hydrogen) atoms. The highest BCUT2D eigenvalue weighted by molar-refractivity contribution is 5.70. The van der Waals surface area contributed by atoms with E-state index in [1.54, 1.807) is 60.7 Å². The Hall–Kier alpha value is -3.76. The van der Waals surface area contributed by atoms with Crippen molar-refractivity contribution in [1.29, 1.82) is 0 Å². The van der Waals surface area contributed by atoms with E-state index in [1.165, 1.54) is 0 Å². The van der Waals surface area contributed by atoms with E-state index in [0.29, 0.717) is 46.0 Å². The Morgan fingerprint density at radius 1 is 0.733 bits per heavy atom. The van der Waals surface area contributed by atoms with Crippen LogP contribution in [0, 0.1) is 0 Å². The van der Waals surface area contributed by atoms with Crippen molar-refractivity contribution < 1.29 is 29.5 Å². The highest BCUT2D eigenvalue weighted by atomic mass is 16.5. The van der Waals surface area contributed by atoms with Crippen LogP contribution in [0.4, 0.5) is 9.59 Å². The zero-order valence-electron chi connectivity index (χ0n) is 16.2. The van der Waals surface area contributed by atoms with E-state index in [4.69, 9.17) is 20.9 Å². The topological polar surface area (TPSA) is 152 Å². The monoisotopic (exact) mass is 416 g/mol. The number of nitrogens with two attached hydrogens (primary N) is 2. The number of carbonyl (C=O) groups is 2. The molecule has 0 heterocycles. The second kappa shape index (κ2) is 11.3. The second-order valence-corrected chi connectivity index (χ2v) is 6.17. The number of rotatable bonds is 10. The first-order valence-corrected chi connectivity index (χ1v) is 8.95. The van der Waals surface area contributed by atoms with Crippen LogP contribution >= 0.6 is 0 Å². The van der Waals surface area contributed by atoms with Crippen molar-refractivity contribution in [2.45, 2.75) is 13.1 Å². The van der Waals surface area contributed by atoms with Gasteiger partial charge in [0.05, 0.1) is 13.1 Å². The lowest BCUT2D eigenvalue weighted by Crippen LogP contribution is -2.31. The molecule has 10 heteroatoms. The molecule has 0 radical (unpaired) electrons. The Morgan fingerprint density at radius 3 is 1.37 bits per heavy atom. The summed E-state index contributed by atoms with van der Waals surface area (Å²) in [6, 6.07) is 11.9. The van der Waals surface area contributed by atoms with Gasteiger partial charge >= 0.3 is 12.1 Å². The largest absolute Gasteiger partial charge is 0.490 e. The summed E-state index contributed by atoms with van der Waals surface area (Å²) < 4.78 is 11.1. The molecule has 0 aliphatic heterocycles. The number of hydrogen-bond donors (Lipinski definition) is 4. The van der Waals surface area contributed by atoms with E-state index in [0.717, 1.165) is 0 Å². The molecule has 2 aromatic rings. The lowest BCUT2D eigenvalue weighted by Gasteiger charge is -2.12. The molecule has 0 saturated carbocycles. The fourth-order valence-corrected chi connectivity index (χ4v) is 2.31. The quantitative estimate of drug-likeness (QED) is 0.265. The Bertz CT molecular complexity index is 783. The molecule has 0 unspecified atom stereocenters. The zero-order valence-corrected chi connectivity index (χ0v) is 16.2. The van der Waals surface area contributed by atoms with Crippen LogP contribution < -0.4 is 20.9 Å². The summed E-state index contributed by atoms with van der Waals surface area (Å²) in [6.07, 6.45) is 3.61. The van der Waals surface area contributed by atoms with E-state index < -0.39 is 12.1 Å². The number of urea groups is 2. The second-order valence-electron chi connectivity index (χ2n) is 6.17. The number of hydroxylamine groups is 4. The number of benzene rings is 2. The molecule has 2 rings (SSSR count). The molecule has 6 N–H and O–H groups in total. The van der Waals surface area contributed by atoms with E-state index in [2.05, 4.69) is 0 Å². The van der Waals surface area contributed by atoms with E-state index in [-0.39, 0.29) is 13.1 Å². The van der Waals surface area contributed by atoms with Crippen LogP contribution in [-0.4, -0.2) is 45.8 Å². The number of nitrogens with zero attached hydrogens (tertiary/aromatic N) is 2. The molecule has 0 aromatic heterocycles. The Labute approximate surface area is 173 Å². The third-order valence-corrected chi connectivity index (χ3v) is 3.88. The summed E-state index contributed by atoms with van der Waals surface area (Å²) in [5, 5.41) is 19.5. The maximum absolute atomic E-state index is 10.8. The first-order chi connectivity index (χ1) is 14.3. The predicted octanol–water partition coefficient (Wildman–Crippen LogP) is 2.24. The minimum atomic E-state index is -0.918. The summed E-state index contributed by atoms with van der Waals surface area (Å²) in [5.41, 5.74) is 11.3. The average molecular weight is 416 g/mol. The minimum Gasteiger partial charge on any atom is -0.490 e. The van der Waals surface area contributed by atoms with Gasteiger partial charge in [0.15, 0.2) is 0 Å².